The molecule has 0 aliphatic carbocycles. The molecule has 0 saturated carbocycles. The zero-order valence-electron chi connectivity index (χ0n) is 19.3. The Kier molecular flexibility index (Phi) is 8.24. The standard InChI is InChI=1S/C24H24N6O3S2/c1-15-3-7-17(8-4-15)21(31)25-23-29-27-19(34-23)11-13-33-14-12-20-28-30-24(35-20)26-22(32)18-9-5-16(2)6-10-18/h3-10H,11-14H2,1-2H3,(H,25,29,31)(H,26,30,32). The van der Waals surface area contributed by atoms with Crippen LogP contribution in [0.25, 0.3) is 0 Å². The first-order valence-corrected chi connectivity index (χ1v) is 12.6. The molecule has 2 amide bonds. The highest BCUT2D eigenvalue weighted by atomic mass is 32.1. The summed E-state index contributed by atoms with van der Waals surface area (Å²) < 4.78 is 5.69. The Balaban J connectivity index is 1.15. The van der Waals surface area contributed by atoms with Gasteiger partial charge in [-0.1, -0.05) is 58.1 Å². The average Bonchev–Trinajstić information content (AvgIpc) is 3.49. The zero-order chi connectivity index (χ0) is 24.6. The fourth-order valence-electron chi connectivity index (χ4n) is 2.98. The first kappa shape index (κ1) is 24.6. The molecule has 11 heteroatoms. The van der Waals surface area contributed by atoms with Crippen LogP contribution in [0.15, 0.2) is 48.5 Å². The molecule has 0 radical (unpaired) electrons. The van der Waals surface area contributed by atoms with Crippen LogP contribution in [-0.2, 0) is 17.6 Å². The van der Waals surface area contributed by atoms with Crippen molar-refractivity contribution in [3.8, 4) is 0 Å². The lowest BCUT2D eigenvalue weighted by Gasteiger charge is -2.01. The van der Waals surface area contributed by atoms with Gasteiger partial charge in [0.25, 0.3) is 11.8 Å². The van der Waals surface area contributed by atoms with Crippen molar-refractivity contribution in [1.82, 2.24) is 20.4 Å². The van der Waals surface area contributed by atoms with Gasteiger partial charge in [0.2, 0.25) is 10.3 Å². The van der Waals surface area contributed by atoms with Crippen molar-refractivity contribution in [3.05, 3.63) is 80.8 Å². The lowest BCUT2D eigenvalue weighted by atomic mass is 10.1. The van der Waals surface area contributed by atoms with Gasteiger partial charge in [0.1, 0.15) is 10.0 Å². The van der Waals surface area contributed by atoms with Gasteiger partial charge in [-0.15, -0.1) is 20.4 Å². The van der Waals surface area contributed by atoms with E-state index < -0.39 is 0 Å². The maximum atomic E-state index is 12.3. The Labute approximate surface area is 210 Å². The van der Waals surface area contributed by atoms with Gasteiger partial charge in [0.05, 0.1) is 13.2 Å². The predicted octanol–water partition coefficient (Wildman–Crippen LogP) is 4.31. The Bertz CT molecular complexity index is 1190. The molecular formula is C24H24N6O3S2. The molecule has 35 heavy (non-hydrogen) atoms. The lowest BCUT2D eigenvalue weighted by Crippen LogP contribution is -2.11. The molecule has 0 aliphatic rings. The summed E-state index contributed by atoms with van der Waals surface area (Å²) in [4.78, 5) is 24.6. The largest absolute Gasteiger partial charge is 0.381 e. The summed E-state index contributed by atoms with van der Waals surface area (Å²) in [7, 11) is 0. The fourth-order valence-corrected chi connectivity index (χ4v) is 4.41. The Morgan fingerprint density at radius 2 is 1.09 bits per heavy atom. The number of hydrogen-bond donors (Lipinski definition) is 2. The molecule has 2 heterocycles. The van der Waals surface area contributed by atoms with Crippen molar-refractivity contribution >= 4 is 44.8 Å². The second-order valence-electron chi connectivity index (χ2n) is 7.75. The molecule has 2 N–H and O–H groups in total. The summed E-state index contributed by atoms with van der Waals surface area (Å²) in [5, 5.41) is 24.3. The molecule has 4 rings (SSSR count). The number of ether oxygens (including phenoxy) is 1. The van der Waals surface area contributed by atoms with Crippen LogP contribution in [0.5, 0.6) is 0 Å². The van der Waals surface area contributed by atoms with Crippen molar-refractivity contribution < 1.29 is 14.3 Å². The third kappa shape index (κ3) is 7.22. The topological polar surface area (TPSA) is 119 Å². The molecular weight excluding hydrogens is 484 g/mol. The van der Waals surface area contributed by atoms with E-state index in [1.165, 1.54) is 22.7 Å². The number of carbonyl (C=O) groups excluding carboxylic acids is 2. The quantitative estimate of drug-likeness (QED) is 0.306. The molecule has 4 aromatic rings. The molecule has 180 valence electrons. The van der Waals surface area contributed by atoms with E-state index in [1.807, 2.05) is 38.1 Å². The molecule has 0 fully saturated rings. The highest BCUT2D eigenvalue weighted by Gasteiger charge is 2.12. The van der Waals surface area contributed by atoms with Crippen LogP contribution in [0.3, 0.4) is 0 Å². The third-order valence-electron chi connectivity index (χ3n) is 4.92. The van der Waals surface area contributed by atoms with E-state index in [1.54, 1.807) is 24.3 Å². The van der Waals surface area contributed by atoms with Crippen LogP contribution in [0.4, 0.5) is 10.3 Å². The molecule has 9 nitrogen and oxygen atoms in total. The highest BCUT2D eigenvalue weighted by molar-refractivity contribution is 7.15. The van der Waals surface area contributed by atoms with Gasteiger partial charge in [-0.25, -0.2) is 0 Å². The van der Waals surface area contributed by atoms with Crippen molar-refractivity contribution in [1.29, 1.82) is 0 Å². The van der Waals surface area contributed by atoms with E-state index in [9.17, 15) is 9.59 Å². The number of anilines is 2. The van der Waals surface area contributed by atoms with Crippen molar-refractivity contribution in [2.75, 3.05) is 23.8 Å². The van der Waals surface area contributed by atoms with E-state index >= 15 is 0 Å². The lowest BCUT2D eigenvalue weighted by molar-refractivity contribution is 0.101. The SMILES string of the molecule is Cc1ccc(C(=O)Nc2nnc(CCOCCc3nnc(NC(=O)c4ccc(C)cc4)s3)s2)cc1. The van der Waals surface area contributed by atoms with E-state index in [0.29, 0.717) is 47.4 Å². The number of carbonyl (C=O) groups is 2. The van der Waals surface area contributed by atoms with Gasteiger partial charge < -0.3 is 4.74 Å². The predicted molar refractivity (Wildman–Crippen MR) is 136 cm³/mol. The van der Waals surface area contributed by atoms with Gasteiger partial charge in [-0.05, 0) is 38.1 Å². The van der Waals surface area contributed by atoms with Crippen LogP contribution in [0.2, 0.25) is 0 Å². The fraction of sp³-hybridized carbons (Fsp3) is 0.250. The van der Waals surface area contributed by atoms with E-state index in [0.717, 1.165) is 21.1 Å². The molecule has 0 atom stereocenters. The monoisotopic (exact) mass is 508 g/mol. The number of nitrogens with one attached hydrogen (secondary N) is 2. The van der Waals surface area contributed by atoms with Crippen molar-refractivity contribution in [2.45, 2.75) is 26.7 Å². The van der Waals surface area contributed by atoms with Gasteiger partial charge in [-0.2, -0.15) is 0 Å². The first-order valence-electron chi connectivity index (χ1n) is 10.9. The summed E-state index contributed by atoms with van der Waals surface area (Å²) in [5.41, 5.74) is 3.34. The number of rotatable bonds is 10. The summed E-state index contributed by atoms with van der Waals surface area (Å²) >= 11 is 2.65. The van der Waals surface area contributed by atoms with Crippen LogP contribution in [0.1, 0.15) is 41.9 Å². The van der Waals surface area contributed by atoms with Crippen LogP contribution < -0.4 is 10.6 Å². The maximum Gasteiger partial charge on any atom is 0.257 e. The summed E-state index contributed by atoms with van der Waals surface area (Å²) in [6.07, 6.45) is 1.18. The normalized spacial score (nSPS) is 10.8. The molecule has 0 bridgehead atoms. The minimum absolute atomic E-state index is 0.213. The number of hydrogen-bond acceptors (Lipinski definition) is 9. The van der Waals surface area contributed by atoms with Crippen LogP contribution >= 0.6 is 22.7 Å². The minimum atomic E-state index is -0.213. The van der Waals surface area contributed by atoms with Gasteiger partial charge >= 0.3 is 0 Å². The summed E-state index contributed by atoms with van der Waals surface area (Å²) in [6.45, 7) is 4.88. The molecule has 0 spiro atoms. The van der Waals surface area contributed by atoms with Crippen molar-refractivity contribution in [2.24, 2.45) is 0 Å². The zero-order valence-corrected chi connectivity index (χ0v) is 20.9. The second kappa shape index (κ2) is 11.7. The van der Waals surface area contributed by atoms with Crippen LogP contribution in [0, 0.1) is 13.8 Å². The summed E-state index contributed by atoms with van der Waals surface area (Å²) in [6, 6.07) is 14.7. The molecule has 0 unspecified atom stereocenters. The van der Waals surface area contributed by atoms with E-state index in [-0.39, 0.29) is 11.8 Å². The average molecular weight is 509 g/mol. The number of aromatic nitrogens is 4. The van der Waals surface area contributed by atoms with Crippen LogP contribution in [-0.4, -0.2) is 45.4 Å². The smallest absolute Gasteiger partial charge is 0.257 e. The van der Waals surface area contributed by atoms with Gasteiger partial charge in [-0.3, -0.25) is 20.2 Å². The third-order valence-corrected chi connectivity index (χ3v) is 6.72. The van der Waals surface area contributed by atoms with Gasteiger partial charge in [0.15, 0.2) is 0 Å². The molecule has 0 aliphatic heterocycles. The van der Waals surface area contributed by atoms with Crippen molar-refractivity contribution in [3.63, 3.8) is 0 Å². The number of nitrogens with zero attached hydrogens (tertiary/aromatic N) is 4. The van der Waals surface area contributed by atoms with E-state index in [4.69, 9.17) is 4.74 Å². The second-order valence-corrected chi connectivity index (χ2v) is 9.88. The number of amides is 2. The summed E-state index contributed by atoms with van der Waals surface area (Å²) in [5.74, 6) is -0.425. The maximum absolute atomic E-state index is 12.3. The number of benzene rings is 2. The van der Waals surface area contributed by atoms with Gasteiger partial charge in [0, 0.05) is 24.0 Å². The van der Waals surface area contributed by atoms with E-state index in [2.05, 4.69) is 31.0 Å². The first-order chi connectivity index (χ1) is 17.0. The Morgan fingerprint density at radius 3 is 1.49 bits per heavy atom. The Hall–Kier alpha value is -3.54. The molecule has 2 aromatic heterocycles. The molecule has 2 aromatic carbocycles. The minimum Gasteiger partial charge on any atom is -0.381 e. The molecule has 0 saturated heterocycles. The highest BCUT2D eigenvalue weighted by Crippen LogP contribution is 2.18. The Morgan fingerprint density at radius 1 is 0.686 bits per heavy atom. The number of aryl methyl sites for hydroxylation is 2.